The monoisotopic (exact) mass is 220 g/mol. The zero-order chi connectivity index (χ0) is 12.0. The molecule has 0 radical (unpaired) electrons. The van der Waals surface area contributed by atoms with Crippen molar-refractivity contribution in [2.24, 2.45) is 11.1 Å². The molecule has 0 unspecified atom stereocenters. The normalized spacial score (nSPS) is 11.4. The van der Waals surface area contributed by atoms with Gasteiger partial charge in [0.1, 0.15) is 0 Å². The first-order valence-corrected chi connectivity index (χ1v) is 5.69. The summed E-state index contributed by atoms with van der Waals surface area (Å²) in [5.41, 5.74) is 6.28. The third kappa shape index (κ3) is 4.03. The minimum Gasteiger partial charge on any atom is -0.337 e. The first-order chi connectivity index (χ1) is 7.57. The predicted octanol–water partition coefficient (Wildman–Crippen LogP) is 1.71. The van der Waals surface area contributed by atoms with E-state index in [1.807, 2.05) is 26.4 Å². The van der Waals surface area contributed by atoms with Gasteiger partial charge in [0, 0.05) is 19.2 Å². The summed E-state index contributed by atoms with van der Waals surface area (Å²) in [5, 5.41) is 8.88. The van der Waals surface area contributed by atoms with E-state index < -0.39 is 0 Å². The van der Waals surface area contributed by atoms with Gasteiger partial charge in [0.2, 0.25) is 0 Å². The van der Waals surface area contributed by atoms with E-state index in [2.05, 4.69) is 15.6 Å². The van der Waals surface area contributed by atoms with Gasteiger partial charge in [-0.3, -0.25) is 0 Å². The number of hydrogen-bond acceptors (Lipinski definition) is 3. The Balaban J connectivity index is 2.35. The number of nitrogens with zero attached hydrogens (tertiary/aromatic N) is 3. The first-order valence-electron chi connectivity index (χ1n) is 5.69. The summed E-state index contributed by atoms with van der Waals surface area (Å²) < 4.78 is 2.07. The van der Waals surface area contributed by atoms with Crippen molar-refractivity contribution in [2.45, 2.75) is 39.7 Å². The molecule has 4 nitrogen and oxygen atoms in total. The van der Waals surface area contributed by atoms with Gasteiger partial charge in [-0.25, -0.2) is 4.98 Å². The SMILES string of the molecule is CC(C)(C#N)CCCn1cnc(CCN)c1. The number of aromatic nitrogens is 2. The predicted molar refractivity (Wildman–Crippen MR) is 63.6 cm³/mol. The van der Waals surface area contributed by atoms with Crippen molar-refractivity contribution >= 4 is 0 Å². The van der Waals surface area contributed by atoms with Gasteiger partial charge >= 0.3 is 0 Å². The molecule has 0 aliphatic heterocycles. The molecule has 0 atom stereocenters. The van der Waals surface area contributed by atoms with E-state index in [1.165, 1.54) is 0 Å². The fourth-order valence-corrected chi connectivity index (χ4v) is 1.57. The molecule has 0 spiro atoms. The van der Waals surface area contributed by atoms with Crippen LogP contribution in [0.3, 0.4) is 0 Å². The molecule has 0 amide bonds. The van der Waals surface area contributed by atoms with Crippen molar-refractivity contribution in [3.63, 3.8) is 0 Å². The Morgan fingerprint density at radius 3 is 2.94 bits per heavy atom. The fraction of sp³-hybridized carbons (Fsp3) is 0.667. The molecule has 1 aromatic heterocycles. The molecule has 1 heterocycles. The molecule has 1 aromatic rings. The molecule has 0 aliphatic rings. The van der Waals surface area contributed by atoms with Crippen LogP contribution >= 0.6 is 0 Å². The maximum absolute atomic E-state index is 8.88. The Kier molecular flexibility index (Phi) is 4.51. The molecule has 1 rings (SSSR count). The third-order valence-corrected chi connectivity index (χ3v) is 2.61. The summed E-state index contributed by atoms with van der Waals surface area (Å²) in [5.74, 6) is 0. The second-order valence-electron chi connectivity index (χ2n) is 4.74. The van der Waals surface area contributed by atoms with Crippen LogP contribution in [0.15, 0.2) is 12.5 Å². The molecule has 16 heavy (non-hydrogen) atoms. The second kappa shape index (κ2) is 5.66. The Morgan fingerprint density at radius 2 is 2.31 bits per heavy atom. The maximum atomic E-state index is 8.88. The summed E-state index contributed by atoms with van der Waals surface area (Å²) in [7, 11) is 0. The van der Waals surface area contributed by atoms with E-state index in [1.54, 1.807) is 0 Å². The number of nitrogens with two attached hydrogens (primary N) is 1. The quantitative estimate of drug-likeness (QED) is 0.793. The van der Waals surface area contributed by atoms with Crippen molar-refractivity contribution in [1.82, 2.24) is 9.55 Å². The maximum Gasteiger partial charge on any atom is 0.0949 e. The van der Waals surface area contributed by atoms with Crippen LogP contribution in [0, 0.1) is 16.7 Å². The van der Waals surface area contributed by atoms with Crippen LogP contribution in [0.2, 0.25) is 0 Å². The van der Waals surface area contributed by atoms with E-state index in [-0.39, 0.29) is 5.41 Å². The van der Waals surface area contributed by atoms with E-state index in [0.29, 0.717) is 6.54 Å². The molecule has 2 N–H and O–H groups in total. The highest BCUT2D eigenvalue weighted by Crippen LogP contribution is 2.20. The van der Waals surface area contributed by atoms with Gasteiger partial charge in [0.15, 0.2) is 0 Å². The molecular weight excluding hydrogens is 200 g/mol. The van der Waals surface area contributed by atoms with E-state index in [0.717, 1.165) is 31.5 Å². The highest BCUT2D eigenvalue weighted by atomic mass is 15.0. The van der Waals surface area contributed by atoms with Crippen molar-refractivity contribution in [3.8, 4) is 6.07 Å². The Hall–Kier alpha value is -1.34. The lowest BCUT2D eigenvalue weighted by molar-refractivity contribution is 0.415. The van der Waals surface area contributed by atoms with Crippen LogP contribution in [-0.2, 0) is 13.0 Å². The van der Waals surface area contributed by atoms with Gasteiger partial charge in [-0.1, -0.05) is 0 Å². The lowest BCUT2D eigenvalue weighted by Crippen LogP contribution is -2.09. The van der Waals surface area contributed by atoms with Gasteiger partial charge < -0.3 is 10.3 Å². The van der Waals surface area contributed by atoms with Crippen LogP contribution in [0.4, 0.5) is 0 Å². The molecule has 0 aromatic carbocycles. The van der Waals surface area contributed by atoms with Gasteiger partial charge in [0.05, 0.1) is 23.5 Å². The standard InChI is InChI=1S/C12H20N4/c1-12(2,9-14)5-3-7-16-8-11(4-6-13)15-10-16/h8,10H,3-7,13H2,1-2H3. The number of rotatable bonds is 6. The molecule has 0 saturated heterocycles. The van der Waals surface area contributed by atoms with Crippen LogP contribution in [-0.4, -0.2) is 16.1 Å². The molecule has 88 valence electrons. The topological polar surface area (TPSA) is 67.6 Å². The Labute approximate surface area is 97.1 Å². The molecule has 0 aliphatic carbocycles. The Bertz CT molecular complexity index is 359. The number of aryl methyl sites for hydroxylation is 1. The average Bonchev–Trinajstić information content (AvgIpc) is 2.66. The van der Waals surface area contributed by atoms with E-state index in [9.17, 15) is 0 Å². The van der Waals surface area contributed by atoms with Crippen molar-refractivity contribution in [2.75, 3.05) is 6.54 Å². The molecule has 0 fully saturated rings. The Morgan fingerprint density at radius 1 is 1.56 bits per heavy atom. The fourth-order valence-electron chi connectivity index (χ4n) is 1.57. The lowest BCUT2D eigenvalue weighted by atomic mass is 9.90. The number of hydrogen-bond donors (Lipinski definition) is 1. The highest BCUT2D eigenvalue weighted by molar-refractivity contribution is 4.97. The van der Waals surface area contributed by atoms with Crippen molar-refractivity contribution in [3.05, 3.63) is 18.2 Å². The van der Waals surface area contributed by atoms with Gasteiger partial charge in [-0.15, -0.1) is 0 Å². The van der Waals surface area contributed by atoms with Crippen LogP contribution in [0.5, 0.6) is 0 Å². The first kappa shape index (κ1) is 12.7. The van der Waals surface area contributed by atoms with Crippen LogP contribution in [0.1, 0.15) is 32.4 Å². The summed E-state index contributed by atoms with van der Waals surface area (Å²) in [6, 6.07) is 2.31. The molecule has 4 heteroatoms. The highest BCUT2D eigenvalue weighted by Gasteiger charge is 2.15. The van der Waals surface area contributed by atoms with Gasteiger partial charge in [-0.05, 0) is 33.2 Å². The summed E-state index contributed by atoms with van der Waals surface area (Å²) in [6.07, 6.45) is 6.61. The number of imidazole rings is 1. The second-order valence-corrected chi connectivity index (χ2v) is 4.74. The van der Waals surface area contributed by atoms with E-state index in [4.69, 9.17) is 11.0 Å². The summed E-state index contributed by atoms with van der Waals surface area (Å²) >= 11 is 0. The zero-order valence-electron chi connectivity index (χ0n) is 10.1. The van der Waals surface area contributed by atoms with Crippen LogP contribution < -0.4 is 5.73 Å². The zero-order valence-corrected chi connectivity index (χ0v) is 10.1. The van der Waals surface area contributed by atoms with Crippen LogP contribution in [0.25, 0.3) is 0 Å². The smallest absolute Gasteiger partial charge is 0.0949 e. The average molecular weight is 220 g/mol. The van der Waals surface area contributed by atoms with Crippen molar-refractivity contribution in [1.29, 1.82) is 5.26 Å². The molecular formula is C12H20N4. The third-order valence-electron chi connectivity index (χ3n) is 2.61. The summed E-state index contributed by atoms with van der Waals surface area (Å²) in [4.78, 5) is 4.26. The number of nitriles is 1. The largest absolute Gasteiger partial charge is 0.337 e. The minimum absolute atomic E-state index is 0.222. The minimum atomic E-state index is -0.222. The lowest BCUT2D eigenvalue weighted by Gasteiger charge is -2.14. The van der Waals surface area contributed by atoms with Crippen molar-refractivity contribution < 1.29 is 0 Å². The van der Waals surface area contributed by atoms with E-state index >= 15 is 0 Å². The van der Waals surface area contributed by atoms with Gasteiger partial charge in [0.25, 0.3) is 0 Å². The molecule has 0 saturated carbocycles. The molecule has 0 bridgehead atoms. The van der Waals surface area contributed by atoms with Gasteiger partial charge in [-0.2, -0.15) is 5.26 Å². The summed E-state index contributed by atoms with van der Waals surface area (Å²) in [6.45, 7) is 5.50.